The molecule has 3 aromatic rings. The van der Waals surface area contributed by atoms with Crippen LogP contribution in [-0.4, -0.2) is 9.55 Å². The first kappa shape index (κ1) is 13.4. The number of fused-ring (bicyclic) bond motifs is 1. The maximum Gasteiger partial charge on any atom is 0.194 e. The van der Waals surface area contributed by atoms with E-state index in [0.29, 0.717) is 11.0 Å². The van der Waals surface area contributed by atoms with E-state index < -0.39 is 17.5 Å². The fraction of sp³-hybridized carbons (Fsp3) is 0. The molecule has 0 fully saturated rings. The third-order valence-corrected chi connectivity index (χ3v) is 3.65. The van der Waals surface area contributed by atoms with Crippen molar-refractivity contribution in [3.63, 3.8) is 0 Å². The Hall–Kier alpha value is -1.60. The van der Waals surface area contributed by atoms with E-state index in [2.05, 4.69) is 20.9 Å². The number of nitrogens with zero attached hydrogens (tertiary/aromatic N) is 1. The van der Waals surface area contributed by atoms with E-state index in [9.17, 15) is 13.2 Å². The highest BCUT2D eigenvalue weighted by Crippen LogP contribution is 2.25. The fourth-order valence-electron chi connectivity index (χ4n) is 2.00. The zero-order valence-corrected chi connectivity index (χ0v) is 12.2. The molecule has 0 atom stereocenters. The Morgan fingerprint density at radius 1 is 1.05 bits per heavy atom. The van der Waals surface area contributed by atoms with Gasteiger partial charge in [-0.3, -0.25) is 4.57 Å². The summed E-state index contributed by atoms with van der Waals surface area (Å²) < 4.78 is 42.3. The van der Waals surface area contributed by atoms with Crippen LogP contribution in [0.5, 0.6) is 0 Å². The van der Waals surface area contributed by atoms with Crippen LogP contribution in [0.3, 0.4) is 0 Å². The Bertz CT molecular complexity index is 862. The van der Waals surface area contributed by atoms with Gasteiger partial charge in [-0.1, -0.05) is 15.9 Å². The molecule has 2 nitrogen and oxygen atoms in total. The Kier molecular flexibility index (Phi) is 3.18. The summed E-state index contributed by atoms with van der Waals surface area (Å²) in [5, 5.41) is 0. The van der Waals surface area contributed by atoms with Crippen LogP contribution in [-0.2, 0) is 0 Å². The first-order valence-electron chi connectivity index (χ1n) is 5.52. The first-order valence-corrected chi connectivity index (χ1v) is 6.72. The van der Waals surface area contributed by atoms with E-state index in [1.165, 1.54) is 4.57 Å². The number of hydrogen-bond acceptors (Lipinski definition) is 1. The standard InChI is InChI=1S/C13H6BrF3N2S/c14-6-1-2-10-11(3-6)19(13(20)18-10)7-4-8(15)12(17)9(16)5-7/h1-5H,(H,18,20). The highest BCUT2D eigenvalue weighted by molar-refractivity contribution is 9.10. The van der Waals surface area contributed by atoms with Crippen molar-refractivity contribution in [2.24, 2.45) is 0 Å². The SMILES string of the molecule is Fc1cc(-n2c(=S)[nH]c3ccc(Br)cc32)cc(F)c1F. The summed E-state index contributed by atoms with van der Waals surface area (Å²) in [6.07, 6.45) is 0. The molecule has 0 saturated heterocycles. The Balaban J connectivity index is 2.37. The lowest BCUT2D eigenvalue weighted by Gasteiger charge is -2.06. The summed E-state index contributed by atoms with van der Waals surface area (Å²) in [4.78, 5) is 2.92. The van der Waals surface area contributed by atoms with Gasteiger partial charge in [-0.25, -0.2) is 13.2 Å². The first-order chi connectivity index (χ1) is 9.47. The number of aromatic amines is 1. The molecule has 1 aromatic heterocycles. The molecule has 102 valence electrons. The van der Waals surface area contributed by atoms with Gasteiger partial charge in [-0.2, -0.15) is 0 Å². The highest BCUT2D eigenvalue weighted by Gasteiger charge is 2.14. The minimum atomic E-state index is -1.50. The van der Waals surface area contributed by atoms with Crippen LogP contribution in [0.2, 0.25) is 0 Å². The summed E-state index contributed by atoms with van der Waals surface area (Å²) >= 11 is 8.47. The number of nitrogens with one attached hydrogen (secondary N) is 1. The predicted octanol–water partition coefficient (Wildman–Crippen LogP) is 4.87. The van der Waals surface area contributed by atoms with E-state index in [1.54, 1.807) is 12.1 Å². The molecule has 0 unspecified atom stereocenters. The van der Waals surface area contributed by atoms with Gasteiger partial charge in [-0.15, -0.1) is 0 Å². The summed E-state index contributed by atoms with van der Waals surface area (Å²) in [6.45, 7) is 0. The zero-order valence-electron chi connectivity index (χ0n) is 9.75. The maximum atomic E-state index is 13.4. The number of benzene rings is 2. The molecule has 1 heterocycles. The van der Waals surface area contributed by atoms with Crippen LogP contribution >= 0.6 is 28.1 Å². The lowest BCUT2D eigenvalue weighted by atomic mass is 10.2. The molecular formula is C13H6BrF3N2S. The van der Waals surface area contributed by atoms with Crippen LogP contribution < -0.4 is 0 Å². The summed E-state index contributed by atoms with van der Waals surface area (Å²) in [5.41, 5.74) is 1.47. The van der Waals surface area contributed by atoms with Crippen molar-refractivity contribution in [2.75, 3.05) is 0 Å². The van der Waals surface area contributed by atoms with Crippen LogP contribution in [0.1, 0.15) is 0 Å². The minimum absolute atomic E-state index is 0.121. The molecule has 1 N–H and O–H groups in total. The third-order valence-electron chi connectivity index (χ3n) is 2.87. The smallest absolute Gasteiger partial charge is 0.194 e. The Morgan fingerprint density at radius 2 is 1.70 bits per heavy atom. The molecule has 0 radical (unpaired) electrons. The van der Waals surface area contributed by atoms with Gasteiger partial charge in [-0.05, 0) is 30.4 Å². The van der Waals surface area contributed by atoms with Crippen molar-refractivity contribution in [3.8, 4) is 5.69 Å². The highest BCUT2D eigenvalue weighted by atomic mass is 79.9. The monoisotopic (exact) mass is 358 g/mol. The predicted molar refractivity (Wildman–Crippen MR) is 76.0 cm³/mol. The zero-order chi connectivity index (χ0) is 14.4. The fourth-order valence-corrected chi connectivity index (χ4v) is 2.67. The van der Waals surface area contributed by atoms with Crippen molar-refractivity contribution in [1.82, 2.24) is 9.55 Å². The van der Waals surface area contributed by atoms with Gasteiger partial charge < -0.3 is 4.98 Å². The maximum absolute atomic E-state index is 13.4. The molecule has 3 rings (SSSR count). The number of imidazole rings is 1. The second-order valence-electron chi connectivity index (χ2n) is 4.15. The van der Waals surface area contributed by atoms with Crippen LogP contribution in [0.4, 0.5) is 13.2 Å². The van der Waals surface area contributed by atoms with Gasteiger partial charge >= 0.3 is 0 Å². The molecule has 20 heavy (non-hydrogen) atoms. The van der Waals surface area contributed by atoms with Gasteiger partial charge in [0.15, 0.2) is 22.2 Å². The average molecular weight is 359 g/mol. The quantitative estimate of drug-likeness (QED) is 0.486. The average Bonchev–Trinajstić information content (AvgIpc) is 2.70. The van der Waals surface area contributed by atoms with Crippen LogP contribution in [0, 0.1) is 22.2 Å². The van der Waals surface area contributed by atoms with Crippen molar-refractivity contribution < 1.29 is 13.2 Å². The molecule has 0 amide bonds. The molecule has 0 bridgehead atoms. The largest absolute Gasteiger partial charge is 0.330 e. The van der Waals surface area contributed by atoms with Crippen LogP contribution in [0.25, 0.3) is 16.7 Å². The molecular weight excluding hydrogens is 353 g/mol. The lowest BCUT2D eigenvalue weighted by molar-refractivity contribution is 0.446. The summed E-state index contributed by atoms with van der Waals surface area (Å²) in [5.74, 6) is -4.02. The Labute approximate surface area is 125 Å². The van der Waals surface area contributed by atoms with E-state index in [4.69, 9.17) is 12.2 Å². The van der Waals surface area contributed by atoms with Crippen molar-refractivity contribution in [3.05, 3.63) is 57.0 Å². The van der Waals surface area contributed by atoms with Gasteiger partial charge in [0.25, 0.3) is 0 Å². The number of halogens is 4. The Morgan fingerprint density at radius 3 is 2.35 bits per heavy atom. The number of H-pyrrole nitrogens is 1. The second-order valence-corrected chi connectivity index (χ2v) is 5.45. The molecule has 0 saturated carbocycles. The summed E-state index contributed by atoms with van der Waals surface area (Å²) in [7, 11) is 0. The molecule has 0 spiro atoms. The van der Waals surface area contributed by atoms with Gasteiger partial charge in [0.1, 0.15) is 0 Å². The van der Waals surface area contributed by atoms with E-state index >= 15 is 0 Å². The summed E-state index contributed by atoms with van der Waals surface area (Å²) in [6, 6.07) is 7.15. The van der Waals surface area contributed by atoms with Crippen molar-refractivity contribution in [1.29, 1.82) is 0 Å². The third kappa shape index (κ3) is 2.06. The number of aromatic nitrogens is 2. The normalized spacial score (nSPS) is 11.2. The van der Waals surface area contributed by atoms with Crippen molar-refractivity contribution >= 4 is 39.2 Å². The molecule has 7 heteroatoms. The van der Waals surface area contributed by atoms with Gasteiger partial charge in [0.05, 0.1) is 16.7 Å². The second kappa shape index (κ2) is 4.75. The molecule has 0 aliphatic rings. The van der Waals surface area contributed by atoms with Gasteiger partial charge in [0.2, 0.25) is 0 Å². The van der Waals surface area contributed by atoms with Gasteiger partial charge in [0, 0.05) is 16.6 Å². The molecule has 0 aliphatic heterocycles. The van der Waals surface area contributed by atoms with Crippen molar-refractivity contribution in [2.45, 2.75) is 0 Å². The lowest BCUT2D eigenvalue weighted by Crippen LogP contribution is -1.99. The van der Waals surface area contributed by atoms with E-state index in [-0.39, 0.29) is 10.5 Å². The topological polar surface area (TPSA) is 20.7 Å². The van der Waals surface area contributed by atoms with E-state index in [0.717, 1.165) is 16.6 Å². The van der Waals surface area contributed by atoms with E-state index in [1.807, 2.05) is 6.07 Å². The number of rotatable bonds is 1. The molecule has 0 aliphatic carbocycles. The number of hydrogen-bond donors (Lipinski definition) is 1. The minimum Gasteiger partial charge on any atom is -0.330 e. The van der Waals surface area contributed by atoms with Crippen LogP contribution in [0.15, 0.2) is 34.8 Å². The molecule has 2 aromatic carbocycles.